The maximum atomic E-state index is 14.8. The molecule has 25 heavy (non-hydrogen) atoms. The molecule has 2 aromatic heterocycles. The van der Waals surface area contributed by atoms with Crippen LogP contribution in [0.1, 0.15) is 6.92 Å². The van der Waals surface area contributed by atoms with E-state index in [1.54, 1.807) is 24.4 Å². The van der Waals surface area contributed by atoms with Gasteiger partial charge < -0.3 is 11.1 Å². The average molecular weight is 375 g/mol. The zero-order valence-corrected chi connectivity index (χ0v) is 15.0. The topological polar surface area (TPSA) is 93.8 Å². The van der Waals surface area contributed by atoms with Gasteiger partial charge in [-0.2, -0.15) is 0 Å². The second-order valence-electron chi connectivity index (χ2n) is 5.01. The Balaban J connectivity index is 2.15. The van der Waals surface area contributed by atoms with Crippen LogP contribution in [0.4, 0.5) is 15.2 Å². The molecule has 1 aromatic carbocycles. The smallest absolute Gasteiger partial charge is 0.221 e. The summed E-state index contributed by atoms with van der Waals surface area (Å²) in [5.74, 6) is -0.919. The molecule has 0 atom stereocenters. The van der Waals surface area contributed by atoms with Gasteiger partial charge in [0.25, 0.3) is 0 Å². The third-order valence-corrected chi connectivity index (χ3v) is 4.73. The molecule has 128 valence electrons. The Morgan fingerprint density at radius 3 is 2.84 bits per heavy atom. The minimum atomic E-state index is -0.566. The number of benzene rings is 1. The number of halogens is 1. The molecule has 2 heterocycles. The van der Waals surface area contributed by atoms with E-state index in [1.807, 2.05) is 6.26 Å². The number of rotatable bonds is 4. The van der Waals surface area contributed by atoms with E-state index in [2.05, 4.69) is 20.3 Å². The second kappa shape index (κ2) is 7.16. The van der Waals surface area contributed by atoms with Crippen molar-refractivity contribution in [2.24, 2.45) is 0 Å². The van der Waals surface area contributed by atoms with E-state index in [9.17, 15) is 9.18 Å². The number of carbonyl (C=O) groups is 1. The third kappa shape index (κ3) is 3.62. The van der Waals surface area contributed by atoms with E-state index in [1.165, 1.54) is 36.1 Å². The lowest BCUT2D eigenvalue weighted by Gasteiger charge is -2.08. The summed E-state index contributed by atoms with van der Waals surface area (Å²) in [6, 6.07) is 6.46. The van der Waals surface area contributed by atoms with Crippen LogP contribution in [0, 0.1) is 5.82 Å². The van der Waals surface area contributed by atoms with E-state index < -0.39 is 5.82 Å². The van der Waals surface area contributed by atoms with Gasteiger partial charge in [-0.15, -0.1) is 0 Å². The van der Waals surface area contributed by atoms with Gasteiger partial charge in [-0.1, -0.05) is 29.2 Å². The number of amides is 1. The lowest BCUT2D eigenvalue weighted by Crippen LogP contribution is -2.08. The summed E-state index contributed by atoms with van der Waals surface area (Å²) in [7, 11) is 0. The average Bonchev–Trinajstić information content (AvgIpc) is 2.98. The highest BCUT2D eigenvalue weighted by molar-refractivity contribution is 7.98. The van der Waals surface area contributed by atoms with Crippen molar-refractivity contribution >= 4 is 39.8 Å². The van der Waals surface area contributed by atoms with Crippen molar-refractivity contribution in [3.05, 3.63) is 36.3 Å². The van der Waals surface area contributed by atoms with Crippen LogP contribution in [0.3, 0.4) is 0 Å². The summed E-state index contributed by atoms with van der Waals surface area (Å²) < 4.78 is 14.8. The summed E-state index contributed by atoms with van der Waals surface area (Å²) in [6.07, 6.45) is 3.51. The van der Waals surface area contributed by atoms with Gasteiger partial charge in [0.15, 0.2) is 16.1 Å². The van der Waals surface area contributed by atoms with Crippen LogP contribution in [-0.4, -0.2) is 27.1 Å². The van der Waals surface area contributed by atoms with Crippen LogP contribution < -0.4 is 11.1 Å². The number of anilines is 2. The Morgan fingerprint density at radius 2 is 2.12 bits per heavy atom. The molecule has 3 aromatic rings. The van der Waals surface area contributed by atoms with Crippen molar-refractivity contribution in [3.63, 3.8) is 0 Å². The number of thioether (sulfide) groups is 1. The zero-order valence-electron chi connectivity index (χ0n) is 13.4. The molecule has 3 N–H and O–H groups in total. The molecule has 3 rings (SSSR count). The number of nitrogens with two attached hydrogens (primary N) is 1. The summed E-state index contributed by atoms with van der Waals surface area (Å²) in [4.78, 5) is 24.7. The first-order valence-corrected chi connectivity index (χ1v) is 9.24. The molecular weight excluding hydrogens is 361 g/mol. The van der Waals surface area contributed by atoms with Crippen molar-refractivity contribution in [3.8, 4) is 21.8 Å². The molecule has 0 fully saturated rings. The third-order valence-electron chi connectivity index (χ3n) is 3.26. The molecular formula is C16H14FN5OS2. The molecule has 0 spiro atoms. The van der Waals surface area contributed by atoms with Crippen LogP contribution in [0.2, 0.25) is 0 Å². The Bertz CT molecular complexity index is 944. The highest BCUT2D eigenvalue weighted by atomic mass is 32.2. The Labute approximate surface area is 151 Å². The molecule has 1 amide bonds. The van der Waals surface area contributed by atoms with Crippen LogP contribution in [0.5, 0.6) is 0 Å². The maximum Gasteiger partial charge on any atom is 0.221 e. The van der Waals surface area contributed by atoms with Crippen LogP contribution in [0.15, 0.2) is 35.6 Å². The van der Waals surface area contributed by atoms with E-state index in [0.29, 0.717) is 26.6 Å². The summed E-state index contributed by atoms with van der Waals surface area (Å²) in [5.41, 5.74) is 7.21. The van der Waals surface area contributed by atoms with Gasteiger partial charge in [0.1, 0.15) is 0 Å². The van der Waals surface area contributed by atoms with Gasteiger partial charge >= 0.3 is 0 Å². The monoisotopic (exact) mass is 375 g/mol. The molecule has 0 radical (unpaired) electrons. The maximum absolute atomic E-state index is 14.8. The fourth-order valence-electron chi connectivity index (χ4n) is 2.26. The molecule has 9 heteroatoms. The van der Waals surface area contributed by atoms with E-state index in [4.69, 9.17) is 5.73 Å². The highest BCUT2D eigenvalue weighted by Gasteiger charge is 2.20. The number of hydrogen-bond acceptors (Lipinski definition) is 7. The molecule has 0 aliphatic heterocycles. The molecule has 0 unspecified atom stereocenters. The number of carbonyl (C=O) groups excluding carboxylic acids is 1. The minimum Gasteiger partial charge on any atom is -0.375 e. The van der Waals surface area contributed by atoms with Gasteiger partial charge in [0.2, 0.25) is 5.91 Å². The lowest BCUT2D eigenvalue weighted by atomic mass is 10.1. The number of nitrogens with zero attached hydrogens (tertiary/aromatic N) is 3. The van der Waals surface area contributed by atoms with Gasteiger partial charge in [-0.05, 0) is 24.5 Å². The van der Waals surface area contributed by atoms with Crippen molar-refractivity contribution in [1.29, 1.82) is 0 Å². The predicted molar refractivity (Wildman–Crippen MR) is 99.0 cm³/mol. The largest absolute Gasteiger partial charge is 0.375 e. The fraction of sp³-hybridized carbons (Fsp3) is 0.125. The Hall–Kier alpha value is -2.52. The second-order valence-corrected chi connectivity index (χ2v) is 6.81. The van der Waals surface area contributed by atoms with Crippen LogP contribution in [-0.2, 0) is 4.79 Å². The lowest BCUT2D eigenvalue weighted by molar-refractivity contribution is -0.114. The van der Waals surface area contributed by atoms with E-state index in [-0.39, 0.29) is 17.2 Å². The fourth-order valence-corrected chi connectivity index (χ4v) is 3.43. The number of thiazole rings is 1. The van der Waals surface area contributed by atoms with Crippen molar-refractivity contribution in [2.75, 3.05) is 17.3 Å². The Kier molecular flexibility index (Phi) is 4.95. The van der Waals surface area contributed by atoms with Crippen LogP contribution in [0.25, 0.3) is 21.8 Å². The number of nitrogen functional groups attached to an aromatic ring is 1. The van der Waals surface area contributed by atoms with Crippen molar-refractivity contribution in [2.45, 2.75) is 12.1 Å². The first-order valence-electron chi connectivity index (χ1n) is 7.19. The molecule has 0 aliphatic rings. The van der Waals surface area contributed by atoms with Crippen LogP contribution >= 0.6 is 23.1 Å². The van der Waals surface area contributed by atoms with E-state index in [0.717, 1.165) is 0 Å². The number of aromatic nitrogens is 3. The standard InChI is InChI=1S/C16H14FN5OS2/c1-8(23)20-10-5-3-4-9(12(10)17)13-14(25-15(18)22-13)11-6-7-19-16(21-11)24-2/h3-7H,1-2H3,(H2,18,22)(H,20,23). The molecule has 6 nitrogen and oxygen atoms in total. The molecule has 0 saturated heterocycles. The zero-order chi connectivity index (χ0) is 18.0. The SMILES string of the molecule is CSc1nccc(-c2sc(N)nc2-c2cccc(NC(C)=O)c2F)n1. The van der Waals surface area contributed by atoms with Gasteiger partial charge in [0.05, 0.1) is 22.0 Å². The summed E-state index contributed by atoms with van der Waals surface area (Å²) >= 11 is 2.63. The summed E-state index contributed by atoms with van der Waals surface area (Å²) in [6.45, 7) is 1.32. The summed E-state index contributed by atoms with van der Waals surface area (Å²) in [5, 5.41) is 3.37. The molecule has 0 saturated carbocycles. The minimum absolute atomic E-state index is 0.0926. The highest BCUT2D eigenvalue weighted by Crippen LogP contribution is 2.39. The van der Waals surface area contributed by atoms with Crippen molar-refractivity contribution in [1.82, 2.24) is 15.0 Å². The Morgan fingerprint density at radius 1 is 1.32 bits per heavy atom. The quantitative estimate of drug-likeness (QED) is 0.534. The van der Waals surface area contributed by atoms with E-state index >= 15 is 0 Å². The number of nitrogens with one attached hydrogen (secondary N) is 1. The normalized spacial score (nSPS) is 10.7. The number of hydrogen-bond donors (Lipinski definition) is 2. The van der Waals surface area contributed by atoms with Gasteiger partial charge in [-0.3, -0.25) is 4.79 Å². The molecule has 0 bridgehead atoms. The molecule has 0 aliphatic carbocycles. The van der Waals surface area contributed by atoms with Gasteiger partial charge in [0, 0.05) is 18.7 Å². The first kappa shape index (κ1) is 17.3. The first-order chi connectivity index (χ1) is 12.0. The van der Waals surface area contributed by atoms with Crippen molar-refractivity contribution < 1.29 is 9.18 Å². The van der Waals surface area contributed by atoms with Gasteiger partial charge in [-0.25, -0.2) is 19.3 Å². The predicted octanol–water partition coefficient (Wildman–Crippen LogP) is 3.67.